The Labute approximate surface area is 118 Å². The second-order valence-electron chi connectivity index (χ2n) is 4.76. The van der Waals surface area contributed by atoms with E-state index < -0.39 is 17.7 Å². The first-order chi connectivity index (χ1) is 8.90. The third-order valence-corrected chi connectivity index (χ3v) is 4.07. The quantitative estimate of drug-likeness (QED) is 0.906. The summed E-state index contributed by atoms with van der Waals surface area (Å²) >= 11 is 3.21. The van der Waals surface area contributed by atoms with Crippen LogP contribution in [0.3, 0.4) is 0 Å². The average Bonchev–Trinajstić information content (AvgIpc) is 2.74. The summed E-state index contributed by atoms with van der Waals surface area (Å²) in [5, 5.41) is 9.05. The molecule has 1 saturated heterocycles. The highest BCUT2D eigenvalue weighted by atomic mass is 79.9. The van der Waals surface area contributed by atoms with Crippen LogP contribution in [0.4, 0.5) is 4.39 Å². The Kier molecular flexibility index (Phi) is 3.89. The van der Waals surface area contributed by atoms with Crippen LogP contribution in [0.15, 0.2) is 22.7 Å². The molecule has 2 atom stereocenters. The monoisotopic (exact) mass is 329 g/mol. The third-order valence-electron chi connectivity index (χ3n) is 3.38. The molecule has 6 heteroatoms. The van der Waals surface area contributed by atoms with Gasteiger partial charge in [-0.2, -0.15) is 0 Å². The fraction of sp³-hybridized carbons (Fsp3) is 0.385. The van der Waals surface area contributed by atoms with Crippen molar-refractivity contribution in [3.05, 3.63) is 34.1 Å². The van der Waals surface area contributed by atoms with E-state index in [1.54, 1.807) is 6.92 Å². The Balaban J connectivity index is 2.22. The molecule has 1 aromatic rings. The molecule has 0 aromatic heterocycles. The van der Waals surface area contributed by atoms with Crippen LogP contribution in [0.5, 0.6) is 0 Å². The van der Waals surface area contributed by atoms with Gasteiger partial charge in [-0.3, -0.25) is 9.59 Å². The third kappa shape index (κ3) is 2.78. The summed E-state index contributed by atoms with van der Waals surface area (Å²) in [6, 6.07) is 3.88. The number of halogens is 2. The van der Waals surface area contributed by atoms with Gasteiger partial charge in [-0.15, -0.1) is 0 Å². The highest BCUT2D eigenvalue weighted by molar-refractivity contribution is 9.10. The molecule has 19 heavy (non-hydrogen) atoms. The first kappa shape index (κ1) is 14.0. The van der Waals surface area contributed by atoms with Crippen molar-refractivity contribution in [2.45, 2.75) is 6.92 Å². The standard InChI is InChI=1S/C13H13BrFNO3/c1-7-5-16(6-10(7)13(18)19)12(17)9-4-8(15)2-3-11(9)14/h2-4,7,10H,5-6H2,1H3,(H,18,19). The summed E-state index contributed by atoms with van der Waals surface area (Å²) in [7, 11) is 0. The number of nitrogens with zero attached hydrogens (tertiary/aromatic N) is 1. The fourth-order valence-corrected chi connectivity index (χ4v) is 2.70. The number of carbonyl (C=O) groups excluding carboxylic acids is 1. The zero-order chi connectivity index (χ0) is 14.2. The smallest absolute Gasteiger partial charge is 0.308 e. The Morgan fingerprint density at radius 3 is 2.68 bits per heavy atom. The normalized spacial score (nSPS) is 22.6. The number of carbonyl (C=O) groups is 2. The van der Waals surface area contributed by atoms with E-state index >= 15 is 0 Å². The number of hydrogen-bond donors (Lipinski definition) is 1. The molecule has 1 aliphatic rings. The molecule has 1 amide bonds. The lowest BCUT2D eigenvalue weighted by Gasteiger charge is -2.16. The molecule has 4 nitrogen and oxygen atoms in total. The molecule has 0 radical (unpaired) electrons. The van der Waals surface area contributed by atoms with Crippen LogP contribution in [0.2, 0.25) is 0 Å². The summed E-state index contributed by atoms with van der Waals surface area (Å²) in [6.07, 6.45) is 0. The van der Waals surface area contributed by atoms with E-state index in [1.807, 2.05) is 0 Å². The number of hydrogen-bond acceptors (Lipinski definition) is 2. The van der Waals surface area contributed by atoms with Crippen LogP contribution in [0.1, 0.15) is 17.3 Å². The van der Waals surface area contributed by atoms with E-state index in [2.05, 4.69) is 15.9 Å². The number of likely N-dealkylation sites (tertiary alicyclic amines) is 1. The van der Waals surface area contributed by atoms with Crippen molar-refractivity contribution in [2.24, 2.45) is 11.8 Å². The number of rotatable bonds is 2. The van der Waals surface area contributed by atoms with Crippen LogP contribution in [0.25, 0.3) is 0 Å². The molecule has 0 bridgehead atoms. The summed E-state index contributed by atoms with van der Waals surface area (Å²) in [5.74, 6) is -2.40. The largest absolute Gasteiger partial charge is 0.481 e. The first-order valence-electron chi connectivity index (χ1n) is 5.87. The molecule has 2 unspecified atom stereocenters. The van der Waals surface area contributed by atoms with Crippen molar-refractivity contribution < 1.29 is 19.1 Å². The van der Waals surface area contributed by atoms with Crippen molar-refractivity contribution in [1.82, 2.24) is 4.90 Å². The van der Waals surface area contributed by atoms with Crippen molar-refractivity contribution >= 4 is 27.8 Å². The molecule has 0 aliphatic carbocycles. The van der Waals surface area contributed by atoms with Crippen LogP contribution in [0, 0.1) is 17.7 Å². The van der Waals surface area contributed by atoms with Crippen LogP contribution in [-0.2, 0) is 4.79 Å². The van der Waals surface area contributed by atoms with Gasteiger partial charge in [0.15, 0.2) is 0 Å². The topological polar surface area (TPSA) is 57.6 Å². The van der Waals surface area contributed by atoms with Gasteiger partial charge in [0, 0.05) is 17.6 Å². The maximum atomic E-state index is 13.2. The Bertz CT molecular complexity index is 535. The van der Waals surface area contributed by atoms with Gasteiger partial charge in [-0.1, -0.05) is 6.92 Å². The molecule has 1 fully saturated rings. The highest BCUT2D eigenvalue weighted by Crippen LogP contribution is 2.27. The van der Waals surface area contributed by atoms with E-state index in [0.29, 0.717) is 11.0 Å². The average molecular weight is 330 g/mol. The van der Waals surface area contributed by atoms with Crippen molar-refractivity contribution in [3.63, 3.8) is 0 Å². The van der Waals surface area contributed by atoms with Gasteiger partial charge in [-0.25, -0.2) is 4.39 Å². The fourth-order valence-electron chi connectivity index (χ4n) is 2.29. The van der Waals surface area contributed by atoms with Gasteiger partial charge in [0.1, 0.15) is 5.82 Å². The molecule has 1 heterocycles. The molecule has 0 saturated carbocycles. The van der Waals surface area contributed by atoms with Gasteiger partial charge in [0.2, 0.25) is 0 Å². The molecular weight excluding hydrogens is 317 g/mol. The number of carboxylic acid groups (broad SMARTS) is 1. The molecular formula is C13H13BrFNO3. The van der Waals surface area contributed by atoms with E-state index in [9.17, 15) is 14.0 Å². The molecule has 0 spiro atoms. The second-order valence-corrected chi connectivity index (χ2v) is 5.61. The van der Waals surface area contributed by atoms with Gasteiger partial charge in [0.05, 0.1) is 11.5 Å². The summed E-state index contributed by atoms with van der Waals surface area (Å²) in [6.45, 7) is 2.34. The zero-order valence-electron chi connectivity index (χ0n) is 10.3. The minimum Gasteiger partial charge on any atom is -0.481 e. The van der Waals surface area contributed by atoms with Crippen LogP contribution >= 0.6 is 15.9 Å². The van der Waals surface area contributed by atoms with Crippen LogP contribution in [-0.4, -0.2) is 35.0 Å². The maximum absolute atomic E-state index is 13.2. The minimum absolute atomic E-state index is 0.103. The minimum atomic E-state index is -0.902. The zero-order valence-corrected chi connectivity index (χ0v) is 11.9. The Morgan fingerprint density at radius 2 is 2.11 bits per heavy atom. The lowest BCUT2D eigenvalue weighted by Crippen LogP contribution is -2.30. The molecule has 102 valence electrons. The van der Waals surface area contributed by atoms with Crippen LogP contribution < -0.4 is 0 Å². The molecule has 1 aliphatic heterocycles. The molecule has 1 N–H and O–H groups in total. The van der Waals surface area contributed by atoms with Gasteiger partial charge < -0.3 is 10.0 Å². The number of carboxylic acids is 1. The van der Waals surface area contributed by atoms with E-state index in [4.69, 9.17) is 5.11 Å². The Morgan fingerprint density at radius 1 is 1.42 bits per heavy atom. The lowest BCUT2D eigenvalue weighted by molar-refractivity contribution is -0.142. The lowest BCUT2D eigenvalue weighted by atomic mass is 9.99. The summed E-state index contributed by atoms with van der Waals surface area (Å²) < 4.78 is 13.7. The van der Waals surface area contributed by atoms with Gasteiger partial charge in [-0.05, 0) is 40.0 Å². The highest BCUT2D eigenvalue weighted by Gasteiger charge is 2.37. The van der Waals surface area contributed by atoms with E-state index in [0.717, 1.165) is 6.07 Å². The van der Waals surface area contributed by atoms with Crippen molar-refractivity contribution in [1.29, 1.82) is 0 Å². The predicted octanol–water partition coefficient (Wildman–Crippen LogP) is 2.38. The summed E-state index contributed by atoms with van der Waals surface area (Å²) in [4.78, 5) is 24.8. The van der Waals surface area contributed by atoms with Gasteiger partial charge in [0.25, 0.3) is 5.91 Å². The van der Waals surface area contributed by atoms with E-state index in [-0.39, 0.29) is 23.9 Å². The maximum Gasteiger partial charge on any atom is 0.308 e. The number of aliphatic carboxylic acids is 1. The molecule has 2 rings (SSSR count). The molecule has 1 aromatic carbocycles. The first-order valence-corrected chi connectivity index (χ1v) is 6.66. The van der Waals surface area contributed by atoms with Crippen molar-refractivity contribution in [2.75, 3.05) is 13.1 Å². The van der Waals surface area contributed by atoms with E-state index in [1.165, 1.54) is 17.0 Å². The Hall–Kier alpha value is -1.43. The second kappa shape index (κ2) is 5.28. The van der Waals surface area contributed by atoms with Crippen molar-refractivity contribution in [3.8, 4) is 0 Å². The predicted molar refractivity (Wildman–Crippen MR) is 70.3 cm³/mol. The van der Waals surface area contributed by atoms with Gasteiger partial charge >= 0.3 is 5.97 Å². The summed E-state index contributed by atoms with van der Waals surface area (Å²) in [5.41, 5.74) is 0.221. The SMILES string of the molecule is CC1CN(C(=O)c2cc(F)ccc2Br)CC1C(=O)O. The number of benzene rings is 1. The number of amides is 1.